The molecule has 2 rings (SSSR count). The van der Waals surface area contributed by atoms with E-state index in [1.807, 2.05) is 0 Å². The Labute approximate surface area is 87.4 Å². The highest BCUT2D eigenvalue weighted by Gasteiger charge is 2.28. The van der Waals surface area contributed by atoms with E-state index in [1.165, 1.54) is 32.6 Å². The van der Waals surface area contributed by atoms with E-state index in [2.05, 4.69) is 36.0 Å². The highest BCUT2D eigenvalue weighted by atomic mass is 15.3. The van der Waals surface area contributed by atoms with Crippen molar-refractivity contribution in [2.75, 3.05) is 33.2 Å². The normalized spacial score (nSPS) is 40.9. The Balaban J connectivity index is 1.82. The molecule has 2 aliphatic heterocycles. The number of nitrogens with one attached hydrogen (secondary N) is 1. The van der Waals surface area contributed by atoms with Crippen LogP contribution in [-0.2, 0) is 0 Å². The first-order chi connectivity index (χ1) is 6.66. The third kappa shape index (κ3) is 2.10. The minimum atomic E-state index is 0.707. The fourth-order valence-electron chi connectivity index (χ4n) is 2.48. The van der Waals surface area contributed by atoms with Gasteiger partial charge in [0.15, 0.2) is 0 Å². The summed E-state index contributed by atoms with van der Waals surface area (Å²) in [5.74, 6) is 0. The molecule has 0 spiro atoms. The molecule has 0 amide bonds. The van der Waals surface area contributed by atoms with Gasteiger partial charge in [-0.25, -0.2) is 0 Å². The first-order valence-electron chi connectivity index (χ1n) is 5.84. The van der Waals surface area contributed by atoms with Gasteiger partial charge in [-0.1, -0.05) is 0 Å². The molecule has 2 heterocycles. The first kappa shape index (κ1) is 10.4. The van der Waals surface area contributed by atoms with Gasteiger partial charge in [-0.05, 0) is 33.9 Å². The fourth-order valence-corrected chi connectivity index (χ4v) is 2.48. The summed E-state index contributed by atoms with van der Waals surface area (Å²) in [5.41, 5.74) is 0. The molecular weight excluding hydrogens is 174 g/mol. The minimum Gasteiger partial charge on any atom is -0.313 e. The van der Waals surface area contributed by atoms with E-state index in [0.717, 1.165) is 6.04 Å². The molecule has 14 heavy (non-hydrogen) atoms. The van der Waals surface area contributed by atoms with Gasteiger partial charge in [-0.15, -0.1) is 0 Å². The Kier molecular flexibility index (Phi) is 3.10. The molecule has 1 unspecified atom stereocenters. The van der Waals surface area contributed by atoms with Crippen LogP contribution < -0.4 is 5.32 Å². The molecule has 3 nitrogen and oxygen atoms in total. The molecule has 82 valence electrons. The number of likely N-dealkylation sites (N-methyl/N-ethyl adjacent to an activating group) is 1. The van der Waals surface area contributed by atoms with Crippen molar-refractivity contribution in [3.8, 4) is 0 Å². The molecular formula is C11H23N3. The molecule has 3 heteroatoms. The zero-order valence-corrected chi connectivity index (χ0v) is 9.66. The van der Waals surface area contributed by atoms with E-state index in [1.54, 1.807) is 0 Å². The Morgan fingerprint density at radius 1 is 1.21 bits per heavy atom. The lowest BCUT2D eigenvalue weighted by atomic mass is 10.0. The van der Waals surface area contributed by atoms with Crippen LogP contribution in [0.4, 0.5) is 0 Å². The van der Waals surface area contributed by atoms with Crippen LogP contribution in [0.15, 0.2) is 0 Å². The fraction of sp³-hybridized carbons (Fsp3) is 1.00. The largest absolute Gasteiger partial charge is 0.313 e. The van der Waals surface area contributed by atoms with Crippen LogP contribution in [0.5, 0.6) is 0 Å². The van der Waals surface area contributed by atoms with Gasteiger partial charge >= 0.3 is 0 Å². The second-order valence-corrected chi connectivity index (χ2v) is 5.02. The van der Waals surface area contributed by atoms with Crippen LogP contribution in [0.1, 0.15) is 20.3 Å². The molecule has 2 aliphatic rings. The highest BCUT2D eigenvalue weighted by Crippen LogP contribution is 2.15. The van der Waals surface area contributed by atoms with Crippen LogP contribution in [0.25, 0.3) is 0 Å². The zero-order chi connectivity index (χ0) is 10.1. The summed E-state index contributed by atoms with van der Waals surface area (Å²) < 4.78 is 0. The van der Waals surface area contributed by atoms with Crippen LogP contribution in [-0.4, -0.2) is 61.2 Å². The van der Waals surface area contributed by atoms with Gasteiger partial charge in [0.25, 0.3) is 0 Å². The van der Waals surface area contributed by atoms with Crippen molar-refractivity contribution in [3.63, 3.8) is 0 Å². The Morgan fingerprint density at radius 2 is 1.79 bits per heavy atom. The second-order valence-electron chi connectivity index (χ2n) is 5.02. The van der Waals surface area contributed by atoms with Crippen LogP contribution in [0.2, 0.25) is 0 Å². The van der Waals surface area contributed by atoms with Crippen molar-refractivity contribution in [1.29, 1.82) is 0 Å². The maximum atomic E-state index is 3.48. The number of hydrogen-bond acceptors (Lipinski definition) is 3. The van der Waals surface area contributed by atoms with Crippen molar-refractivity contribution in [2.24, 2.45) is 0 Å². The molecule has 3 atom stereocenters. The zero-order valence-electron chi connectivity index (χ0n) is 9.66. The van der Waals surface area contributed by atoms with Crippen molar-refractivity contribution in [1.82, 2.24) is 15.1 Å². The van der Waals surface area contributed by atoms with Gasteiger partial charge in [0.1, 0.15) is 0 Å². The summed E-state index contributed by atoms with van der Waals surface area (Å²) >= 11 is 0. The van der Waals surface area contributed by atoms with Crippen LogP contribution in [0, 0.1) is 0 Å². The van der Waals surface area contributed by atoms with E-state index in [-0.39, 0.29) is 0 Å². The Hall–Kier alpha value is -0.120. The maximum absolute atomic E-state index is 3.48. The third-order valence-electron chi connectivity index (χ3n) is 3.84. The van der Waals surface area contributed by atoms with Crippen molar-refractivity contribution >= 4 is 0 Å². The lowest BCUT2D eigenvalue weighted by molar-refractivity contribution is 0.0492. The van der Waals surface area contributed by atoms with E-state index in [4.69, 9.17) is 0 Å². The molecule has 0 aliphatic carbocycles. The smallest absolute Gasteiger partial charge is 0.0207 e. The number of rotatable bonds is 2. The van der Waals surface area contributed by atoms with Crippen LogP contribution >= 0.6 is 0 Å². The standard InChI is InChI=1S/C11H23N3/c1-9-6-14(7-10(2)13(9)3)8-11-4-5-12-11/h9-12H,4-8H2,1-3H3/t9-,10+,11?. The lowest BCUT2D eigenvalue weighted by Gasteiger charge is -2.44. The monoisotopic (exact) mass is 197 g/mol. The van der Waals surface area contributed by atoms with Gasteiger partial charge in [0.05, 0.1) is 0 Å². The Morgan fingerprint density at radius 3 is 2.21 bits per heavy atom. The van der Waals surface area contributed by atoms with Gasteiger partial charge in [0, 0.05) is 37.8 Å². The topological polar surface area (TPSA) is 18.5 Å². The number of nitrogens with zero attached hydrogens (tertiary/aromatic N) is 2. The van der Waals surface area contributed by atoms with Crippen molar-refractivity contribution < 1.29 is 0 Å². The summed E-state index contributed by atoms with van der Waals surface area (Å²) in [5, 5.41) is 3.48. The highest BCUT2D eigenvalue weighted by molar-refractivity contribution is 4.87. The predicted octanol–water partition coefficient (Wildman–Crippen LogP) is 0.373. The summed E-state index contributed by atoms with van der Waals surface area (Å²) in [6, 6.07) is 2.19. The van der Waals surface area contributed by atoms with Gasteiger partial charge in [-0.3, -0.25) is 9.80 Å². The van der Waals surface area contributed by atoms with Crippen molar-refractivity contribution in [3.05, 3.63) is 0 Å². The molecule has 0 aromatic heterocycles. The van der Waals surface area contributed by atoms with Crippen molar-refractivity contribution in [2.45, 2.75) is 38.4 Å². The Bertz CT molecular complexity index is 176. The molecule has 2 fully saturated rings. The summed E-state index contributed by atoms with van der Waals surface area (Å²) in [6.07, 6.45) is 1.37. The van der Waals surface area contributed by atoms with Crippen LogP contribution in [0.3, 0.4) is 0 Å². The summed E-state index contributed by atoms with van der Waals surface area (Å²) in [7, 11) is 2.24. The molecule has 0 saturated carbocycles. The number of piperazine rings is 1. The van der Waals surface area contributed by atoms with E-state index in [9.17, 15) is 0 Å². The van der Waals surface area contributed by atoms with Gasteiger partial charge in [-0.2, -0.15) is 0 Å². The molecule has 0 bridgehead atoms. The maximum Gasteiger partial charge on any atom is 0.0207 e. The summed E-state index contributed by atoms with van der Waals surface area (Å²) in [4.78, 5) is 5.11. The van der Waals surface area contributed by atoms with E-state index >= 15 is 0 Å². The lowest BCUT2D eigenvalue weighted by Crippen LogP contribution is -2.59. The van der Waals surface area contributed by atoms with E-state index < -0.39 is 0 Å². The molecule has 0 radical (unpaired) electrons. The average molecular weight is 197 g/mol. The van der Waals surface area contributed by atoms with Gasteiger partial charge < -0.3 is 5.32 Å². The molecule has 0 aromatic rings. The van der Waals surface area contributed by atoms with E-state index in [0.29, 0.717) is 12.1 Å². The average Bonchev–Trinajstić information content (AvgIpc) is 2.07. The predicted molar refractivity (Wildman–Crippen MR) is 59.5 cm³/mol. The second kappa shape index (κ2) is 4.17. The quantitative estimate of drug-likeness (QED) is 0.690. The third-order valence-corrected chi connectivity index (χ3v) is 3.84. The minimum absolute atomic E-state index is 0.707. The SMILES string of the molecule is C[C@@H]1CN(CC2CCN2)C[C@H](C)N1C. The van der Waals surface area contributed by atoms with Gasteiger partial charge in [0.2, 0.25) is 0 Å². The molecule has 1 N–H and O–H groups in total. The summed E-state index contributed by atoms with van der Waals surface area (Å²) in [6.45, 7) is 9.61. The molecule has 2 saturated heterocycles. The molecule has 0 aromatic carbocycles. The first-order valence-corrected chi connectivity index (χ1v) is 5.84. The number of hydrogen-bond donors (Lipinski definition) is 1.